The average Bonchev–Trinajstić information content (AvgIpc) is 2.67. The zero-order valence-electron chi connectivity index (χ0n) is 18.2. The van der Waals surface area contributed by atoms with E-state index in [0.717, 1.165) is 18.2 Å². The van der Waals surface area contributed by atoms with E-state index in [1.165, 1.54) is 24.1 Å². The summed E-state index contributed by atoms with van der Waals surface area (Å²) < 4.78 is 33.3. The molecule has 0 aromatic heterocycles. The van der Waals surface area contributed by atoms with Crippen molar-refractivity contribution < 1.29 is 37.8 Å². The molecule has 0 unspecified atom stereocenters. The smallest absolute Gasteiger partial charge is 0.410 e. The van der Waals surface area contributed by atoms with Gasteiger partial charge in [-0.15, -0.1) is 0 Å². The maximum Gasteiger partial charge on any atom is 0.410 e. The van der Waals surface area contributed by atoms with E-state index < -0.39 is 44.8 Å². The normalized spacial score (nSPS) is 11.5. The monoisotopic (exact) mass is 498 g/mol. The van der Waals surface area contributed by atoms with E-state index in [-0.39, 0.29) is 22.2 Å². The summed E-state index contributed by atoms with van der Waals surface area (Å²) in [6, 6.07) is 7.24. The van der Waals surface area contributed by atoms with Crippen molar-refractivity contribution in [2.75, 3.05) is 11.8 Å². The number of rotatable bonds is 7. The van der Waals surface area contributed by atoms with Crippen molar-refractivity contribution in [1.82, 2.24) is 4.90 Å². The number of sulfonamides is 1. The topological polar surface area (TPSA) is 150 Å². The number of carboxylic acid groups (broad SMARTS) is 2. The Labute approximate surface area is 195 Å². The first-order valence-electron chi connectivity index (χ1n) is 9.47. The Morgan fingerprint density at radius 3 is 2.21 bits per heavy atom. The molecule has 0 atom stereocenters. The largest absolute Gasteiger partial charge is 0.478 e. The molecule has 0 saturated carbocycles. The van der Waals surface area contributed by atoms with Crippen molar-refractivity contribution in [1.29, 1.82) is 0 Å². The molecule has 0 spiro atoms. The Morgan fingerprint density at radius 1 is 1.06 bits per heavy atom. The van der Waals surface area contributed by atoms with Gasteiger partial charge in [-0.1, -0.05) is 23.7 Å². The molecule has 3 N–H and O–H groups in total. The number of hydrogen-bond acceptors (Lipinski definition) is 6. The predicted octanol–water partition coefficient (Wildman–Crippen LogP) is 3.90. The van der Waals surface area contributed by atoms with E-state index in [4.69, 9.17) is 21.4 Å². The maximum atomic E-state index is 12.9. The van der Waals surface area contributed by atoms with Gasteiger partial charge in [0, 0.05) is 12.7 Å². The van der Waals surface area contributed by atoms with Crippen molar-refractivity contribution in [3.63, 3.8) is 0 Å². The lowest BCUT2D eigenvalue weighted by Gasteiger charge is -2.25. The van der Waals surface area contributed by atoms with Gasteiger partial charge in [0.05, 0.1) is 22.7 Å². The number of carbonyl (C=O) groups excluding carboxylic acids is 1. The number of benzene rings is 2. The van der Waals surface area contributed by atoms with Crippen molar-refractivity contribution in [3.05, 3.63) is 58.1 Å². The summed E-state index contributed by atoms with van der Waals surface area (Å²) in [4.78, 5) is 35.7. The van der Waals surface area contributed by atoms with Crippen molar-refractivity contribution in [3.8, 4) is 0 Å². The fourth-order valence-electron chi connectivity index (χ4n) is 2.73. The quantitative estimate of drug-likeness (QED) is 0.520. The molecule has 0 aliphatic heterocycles. The number of amides is 1. The zero-order chi connectivity index (χ0) is 25.1. The molecule has 0 bridgehead atoms. The number of nitrogens with one attached hydrogen (secondary N) is 1. The number of aromatic carboxylic acids is 2. The number of carboxylic acids is 2. The summed E-state index contributed by atoms with van der Waals surface area (Å²) in [5, 5.41) is 18.2. The first-order valence-corrected chi connectivity index (χ1v) is 11.3. The van der Waals surface area contributed by atoms with Crippen LogP contribution in [0.3, 0.4) is 0 Å². The minimum atomic E-state index is -4.28. The Balaban J connectivity index is 2.34. The summed E-state index contributed by atoms with van der Waals surface area (Å²) >= 11 is 6.32. The number of nitrogens with zero attached hydrogens (tertiary/aromatic N) is 1. The van der Waals surface area contributed by atoms with Gasteiger partial charge in [-0.25, -0.2) is 22.8 Å². The zero-order valence-corrected chi connectivity index (χ0v) is 19.8. The van der Waals surface area contributed by atoms with Crippen molar-refractivity contribution in [2.45, 2.75) is 37.8 Å². The van der Waals surface area contributed by atoms with Gasteiger partial charge in [-0.2, -0.15) is 0 Å². The molecule has 2 aromatic rings. The molecule has 0 aliphatic carbocycles. The highest BCUT2D eigenvalue weighted by Crippen LogP contribution is 2.29. The molecule has 178 valence electrons. The molecule has 0 fully saturated rings. The SMILES string of the molecule is CN(Cc1cccc(S(=O)(=O)Nc2ccc(C(=O)O)c(C(=O)O)c2)c1Cl)C(=O)OC(C)(C)C. The van der Waals surface area contributed by atoms with Crippen LogP contribution in [0.2, 0.25) is 5.02 Å². The minimum Gasteiger partial charge on any atom is -0.478 e. The van der Waals surface area contributed by atoms with Crippen LogP contribution in [-0.2, 0) is 21.3 Å². The fraction of sp³-hybridized carbons (Fsp3) is 0.286. The van der Waals surface area contributed by atoms with Crippen molar-refractivity contribution >= 4 is 45.3 Å². The first-order chi connectivity index (χ1) is 15.1. The van der Waals surface area contributed by atoms with Crippen LogP contribution in [-0.4, -0.2) is 54.2 Å². The van der Waals surface area contributed by atoms with Crippen LogP contribution in [0.1, 0.15) is 47.1 Å². The Morgan fingerprint density at radius 2 is 1.67 bits per heavy atom. The Hall–Kier alpha value is -3.31. The van der Waals surface area contributed by atoms with Gasteiger partial charge in [-0.05, 0) is 50.6 Å². The summed E-state index contributed by atoms with van der Waals surface area (Å²) in [7, 11) is -2.81. The highest BCUT2D eigenvalue weighted by Gasteiger charge is 2.24. The second kappa shape index (κ2) is 9.67. The van der Waals surface area contributed by atoms with Gasteiger partial charge in [-0.3, -0.25) is 4.72 Å². The number of ether oxygens (including phenoxy) is 1. The van der Waals surface area contributed by atoms with E-state index >= 15 is 0 Å². The lowest BCUT2D eigenvalue weighted by Crippen LogP contribution is -2.33. The molecule has 1 amide bonds. The molecule has 0 saturated heterocycles. The third-order valence-corrected chi connectivity index (χ3v) is 6.16. The summed E-state index contributed by atoms with van der Waals surface area (Å²) in [5.41, 5.74) is -1.61. The van der Waals surface area contributed by atoms with Crippen LogP contribution in [0.4, 0.5) is 10.5 Å². The highest BCUT2D eigenvalue weighted by atomic mass is 35.5. The summed E-state index contributed by atoms with van der Waals surface area (Å²) in [5.74, 6) is -3.00. The maximum absolute atomic E-state index is 12.9. The van der Waals surface area contributed by atoms with E-state index in [0.29, 0.717) is 5.56 Å². The molecule has 12 heteroatoms. The standard InChI is InChI=1S/C21H23ClN2O8S/c1-21(2,3)32-20(29)24(4)11-12-6-5-7-16(17(12)22)33(30,31)23-13-8-9-14(18(25)26)15(10-13)19(27)28/h5-10,23H,11H2,1-4H3,(H,25,26)(H,27,28). The number of carbonyl (C=O) groups is 3. The summed E-state index contributed by atoms with van der Waals surface area (Å²) in [6.07, 6.45) is -0.621. The molecular weight excluding hydrogens is 476 g/mol. The van der Waals surface area contributed by atoms with Gasteiger partial charge >= 0.3 is 18.0 Å². The lowest BCUT2D eigenvalue weighted by atomic mass is 10.1. The molecule has 0 aliphatic rings. The second-order valence-corrected chi connectivity index (χ2v) is 10.1. The molecule has 33 heavy (non-hydrogen) atoms. The van der Waals surface area contributed by atoms with E-state index in [2.05, 4.69) is 4.72 Å². The van der Waals surface area contributed by atoms with Gasteiger partial charge in [0.1, 0.15) is 10.5 Å². The minimum absolute atomic E-state index is 0.0341. The van der Waals surface area contributed by atoms with Gasteiger partial charge in [0.25, 0.3) is 10.0 Å². The van der Waals surface area contributed by atoms with Crippen LogP contribution < -0.4 is 4.72 Å². The number of hydrogen-bond donors (Lipinski definition) is 3. The van der Waals surface area contributed by atoms with Gasteiger partial charge in [0.2, 0.25) is 0 Å². The van der Waals surface area contributed by atoms with E-state index in [9.17, 15) is 27.9 Å². The average molecular weight is 499 g/mol. The molecule has 2 rings (SSSR count). The van der Waals surface area contributed by atoms with E-state index in [1.54, 1.807) is 26.8 Å². The van der Waals surface area contributed by atoms with Crippen LogP contribution in [0.25, 0.3) is 0 Å². The lowest BCUT2D eigenvalue weighted by molar-refractivity contribution is 0.0284. The fourth-order valence-corrected chi connectivity index (χ4v) is 4.39. The van der Waals surface area contributed by atoms with Crippen LogP contribution >= 0.6 is 11.6 Å². The number of halogens is 1. The molecule has 2 aromatic carbocycles. The highest BCUT2D eigenvalue weighted by molar-refractivity contribution is 7.92. The third kappa shape index (κ3) is 6.59. The molecule has 0 heterocycles. The molecule has 0 radical (unpaired) electrons. The Bertz CT molecular complexity index is 1210. The van der Waals surface area contributed by atoms with Gasteiger partial charge < -0.3 is 19.8 Å². The van der Waals surface area contributed by atoms with Crippen LogP contribution in [0.15, 0.2) is 41.3 Å². The molecular formula is C21H23ClN2O8S. The predicted molar refractivity (Wildman–Crippen MR) is 120 cm³/mol. The van der Waals surface area contributed by atoms with E-state index in [1.807, 2.05) is 0 Å². The summed E-state index contributed by atoms with van der Waals surface area (Å²) in [6.45, 7) is 5.10. The van der Waals surface area contributed by atoms with Gasteiger partial charge in [0.15, 0.2) is 0 Å². The van der Waals surface area contributed by atoms with Crippen molar-refractivity contribution in [2.24, 2.45) is 0 Å². The number of anilines is 1. The second-order valence-electron chi connectivity index (χ2n) is 8.04. The van der Waals surface area contributed by atoms with Crippen LogP contribution in [0, 0.1) is 0 Å². The molecule has 10 nitrogen and oxygen atoms in total. The Kier molecular flexibility index (Phi) is 7.60. The first kappa shape index (κ1) is 25.9. The van der Waals surface area contributed by atoms with Crippen LogP contribution in [0.5, 0.6) is 0 Å². The third-order valence-electron chi connectivity index (χ3n) is 4.18.